The smallest absolute Gasteiger partial charge is 0.183 e. The van der Waals surface area contributed by atoms with Gasteiger partial charge in [-0.05, 0) is 32.7 Å². The highest BCUT2D eigenvalue weighted by atomic mass is 28.4. The van der Waals surface area contributed by atoms with E-state index in [-0.39, 0.29) is 18.6 Å². The highest BCUT2D eigenvalue weighted by Crippen LogP contribution is 1.97. The van der Waals surface area contributed by atoms with Gasteiger partial charge in [-0.25, -0.2) is 0 Å². The quantitative estimate of drug-likeness (QED) is 0.737. The Kier molecular flexibility index (Phi) is 31.0. The topological polar surface area (TPSA) is 27.7 Å². The summed E-state index contributed by atoms with van der Waals surface area (Å²) in [5.74, 6) is 0. The predicted octanol–water partition coefficient (Wildman–Crippen LogP) is 2.95. The third kappa shape index (κ3) is 115. The van der Waals surface area contributed by atoms with Crippen LogP contribution in [0.5, 0.6) is 0 Å². The molecule has 0 spiro atoms. The molecule has 0 aliphatic carbocycles. The van der Waals surface area contributed by atoms with Gasteiger partial charge in [-0.15, -0.1) is 0 Å². The Bertz CT molecular complexity index is 135. The van der Waals surface area contributed by atoms with Gasteiger partial charge in [-0.3, -0.25) is 0 Å². The lowest BCUT2D eigenvalue weighted by Gasteiger charge is -2.10. The van der Waals surface area contributed by atoms with Crippen molar-refractivity contribution in [3.05, 3.63) is 0 Å². The summed E-state index contributed by atoms with van der Waals surface area (Å²) < 4.78 is 14.6. The van der Waals surface area contributed by atoms with Gasteiger partial charge in [-0.2, -0.15) is 0 Å². The SMILES string of the molecule is CO[SiH2]C.CO[SiH](C)C.CO[Si](C)(C)C.C[SiH](C)C. The number of hydrogen-bond donors (Lipinski definition) is 0. The lowest BCUT2D eigenvalue weighted by atomic mass is 11.8. The van der Waals surface area contributed by atoms with Crippen LogP contribution in [-0.2, 0) is 13.3 Å². The van der Waals surface area contributed by atoms with Crippen molar-refractivity contribution in [1.82, 2.24) is 0 Å². The minimum absolute atomic E-state index is 0.0756. The van der Waals surface area contributed by atoms with Gasteiger partial charge in [0.15, 0.2) is 27.1 Å². The van der Waals surface area contributed by atoms with Crippen LogP contribution in [0.2, 0.25) is 58.9 Å². The van der Waals surface area contributed by atoms with Gasteiger partial charge in [0.1, 0.15) is 0 Å². The van der Waals surface area contributed by atoms with Crippen LogP contribution < -0.4 is 0 Å². The molecule has 0 unspecified atom stereocenters. The van der Waals surface area contributed by atoms with Crippen LogP contribution in [0.25, 0.3) is 0 Å². The fraction of sp³-hybridized carbons (Fsp3) is 1.00. The molecule has 0 saturated heterocycles. The highest BCUT2D eigenvalue weighted by Gasteiger charge is 2.09. The van der Waals surface area contributed by atoms with Crippen molar-refractivity contribution in [2.45, 2.75) is 58.9 Å². The van der Waals surface area contributed by atoms with E-state index in [0.717, 1.165) is 0 Å². The third-order valence-electron chi connectivity index (χ3n) is 1.37. The van der Waals surface area contributed by atoms with Crippen molar-refractivity contribution in [3.63, 3.8) is 0 Å². The van der Waals surface area contributed by atoms with Crippen LogP contribution >= 0.6 is 0 Å². The molecule has 122 valence electrons. The minimum Gasteiger partial charge on any atom is -0.427 e. The average Bonchev–Trinajstić information content (AvgIpc) is 2.28. The summed E-state index contributed by atoms with van der Waals surface area (Å²) in [5, 5.41) is 0. The van der Waals surface area contributed by atoms with Crippen molar-refractivity contribution < 1.29 is 13.3 Å². The minimum atomic E-state index is -1.13. The Labute approximate surface area is 129 Å². The molecule has 0 fully saturated rings. The third-order valence-corrected chi connectivity index (χ3v) is 4.12. The second-order valence-corrected chi connectivity index (χ2v) is 17.7. The van der Waals surface area contributed by atoms with E-state index in [1.54, 1.807) is 21.3 Å². The normalized spacial score (nSPS) is 10.4. The first-order valence-corrected chi connectivity index (χ1v) is 18.7. The van der Waals surface area contributed by atoms with Crippen LogP contribution in [0.4, 0.5) is 0 Å². The molecular weight excluding hydrogens is 304 g/mol. The number of rotatable bonds is 3. The fourth-order valence-electron chi connectivity index (χ4n) is 0. The molecule has 0 N–H and O–H groups in total. The maximum absolute atomic E-state index is 5.08. The molecular formula is C12H40O3Si4. The Morgan fingerprint density at radius 3 is 1.00 bits per heavy atom. The zero-order chi connectivity index (χ0) is 16.5. The summed E-state index contributed by atoms with van der Waals surface area (Å²) in [7, 11) is 3.28. The molecule has 0 aromatic carbocycles. The van der Waals surface area contributed by atoms with Gasteiger partial charge >= 0.3 is 0 Å². The first-order valence-electron chi connectivity index (χ1n) is 7.05. The maximum Gasteiger partial charge on any atom is 0.183 e. The molecule has 0 aliphatic heterocycles. The van der Waals surface area contributed by atoms with Gasteiger partial charge in [0.2, 0.25) is 0 Å². The fourth-order valence-corrected chi connectivity index (χ4v) is 0. The van der Waals surface area contributed by atoms with Crippen molar-refractivity contribution >= 4 is 35.9 Å². The number of hydrogen-bond acceptors (Lipinski definition) is 3. The molecule has 0 saturated carbocycles. The maximum atomic E-state index is 5.08. The zero-order valence-corrected chi connectivity index (χ0v) is 20.3. The lowest BCUT2D eigenvalue weighted by Crippen LogP contribution is -2.22. The Balaban J connectivity index is -0.0000000803. The van der Waals surface area contributed by atoms with E-state index in [9.17, 15) is 0 Å². The molecule has 0 rings (SSSR count). The molecule has 0 radical (unpaired) electrons. The van der Waals surface area contributed by atoms with Crippen LogP contribution in [0.1, 0.15) is 0 Å². The van der Waals surface area contributed by atoms with Crippen molar-refractivity contribution in [1.29, 1.82) is 0 Å². The lowest BCUT2D eigenvalue weighted by molar-refractivity contribution is 0.411. The van der Waals surface area contributed by atoms with Crippen molar-refractivity contribution in [2.75, 3.05) is 21.3 Å². The van der Waals surface area contributed by atoms with Gasteiger partial charge in [0.05, 0.1) is 0 Å². The standard InChI is InChI=1S/C4H12OSi.C3H10OSi.C3H10Si.C2H8OSi/c1-5-6(2,3)4;1-4-5(2)3;1-4(2)3;1-3-4-2/h1-4H3;5H,1-3H3;4H,1-3H3;4H2,1-2H3. The molecule has 3 nitrogen and oxygen atoms in total. The summed E-state index contributed by atoms with van der Waals surface area (Å²) in [4.78, 5) is 0. The van der Waals surface area contributed by atoms with E-state index in [2.05, 4.69) is 63.3 Å². The van der Waals surface area contributed by atoms with E-state index >= 15 is 0 Å². The average molecular weight is 345 g/mol. The van der Waals surface area contributed by atoms with Gasteiger partial charge in [0.25, 0.3) is 0 Å². The second kappa shape index (κ2) is 21.1. The largest absolute Gasteiger partial charge is 0.427 e. The first kappa shape index (κ1) is 28.0. The molecule has 0 aromatic rings. The monoisotopic (exact) mass is 344 g/mol. The molecule has 0 aliphatic rings. The van der Waals surface area contributed by atoms with Crippen molar-refractivity contribution in [3.8, 4) is 0 Å². The summed E-state index contributed by atoms with van der Waals surface area (Å²) in [6.45, 7) is 19.8. The van der Waals surface area contributed by atoms with Crippen LogP contribution in [0.3, 0.4) is 0 Å². The Morgan fingerprint density at radius 2 is 1.00 bits per heavy atom. The van der Waals surface area contributed by atoms with E-state index in [1.165, 1.54) is 0 Å². The molecule has 0 heterocycles. The highest BCUT2D eigenvalue weighted by molar-refractivity contribution is 6.69. The molecule has 19 heavy (non-hydrogen) atoms. The molecule has 0 aromatic heterocycles. The van der Waals surface area contributed by atoms with E-state index in [1.807, 2.05) is 0 Å². The predicted molar refractivity (Wildman–Crippen MR) is 102 cm³/mol. The summed E-state index contributed by atoms with van der Waals surface area (Å²) in [6.07, 6.45) is 0. The van der Waals surface area contributed by atoms with Gasteiger partial charge < -0.3 is 13.3 Å². The Hall–Kier alpha value is 0.748. The first-order chi connectivity index (χ1) is 8.48. The van der Waals surface area contributed by atoms with E-state index in [4.69, 9.17) is 8.85 Å². The zero-order valence-electron chi connectivity index (χ0n) is 15.6. The molecule has 7 heteroatoms. The Morgan fingerprint density at radius 1 is 0.842 bits per heavy atom. The van der Waals surface area contributed by atoms with Crippen LogP contribution in [-0.4, -0.2) is 57.2 Å². The van der Waals surface area contributed by atoms with Gasteiger partial charge in [-0.1, -0.05) is 26.2 Å². The van der Waals surface area contributed by atoms with Crippen LogP contribution in [0, 0.1) is 0 Å². The van der Waals surface area contributed by atoms with Crippen LogP contribution in [0.15, 0.2) is 0 Å². The molecule has 0 atom stereocenters. The van der Waals surface area contributed by atoms with Crippen molar-refractivity contribution in [2.24, 2.45) is 0 Å². The summed E-state index contributed by atoms with van der Waals surface area (Å²) >= 11 is 0. The summed E-state index contributed by atoms with van der Waals surface area (Å²) in [6, 6.07) is 0. The van der Waals surface area contributed by atoms with Gasteiger partial charge in [0, 0.05) is 30.1 Å². The summed E-state index contributed by atoms with van der Waals surface area (Å²) in [5.41, 5.74) is 0. The van der Waals surface area contributed by atoms with E-state index in [0.29, 0.717) is 0 Å². The second-order valence-electron chi connectivity index (χ2n) is 5.91. The molecule has 0 amide bonds. The van der Waals surface area contributed by atoms with E-state index < -0.39 is 17.4 Å². The molecule has 0 bridgehead atoms.